The highest BCUT2D eigenvalue weighted by atomic mass is 32.1. The first kappa shape index (κ1) is 15.1. The molecule has 1 unspecified atom stereocenters. The van der Waals surface area contributed by atoms with Gasteiger partial charge in [0.15, 0.2) is 0 Å². The van der Waals surface area contributed by atoms with Gasteiger partial charge in [-0.25, -0.2) is 4.39 Å². The number of hydrogen-bond donors (Lipinski definition) is 0. The zero-order chi connectivity index (χ0) is 15.5. The van der Waals surface area contributed by atoms with Gasteiger partial charge in [-0.15, -0.1) is 5.10 Å². The number of halogens is 1. The van der Waals surface area contributed by atoms with E-state index in [2.05, 4.69) is 9.59 Å². The number of aryl methyl sites for hydroxylation is 1. The number of hydrogen-bond acceptors (Lipinski definition) is 4. The molecule has 1 atom stereocenters. The molecule has 22 heavy (non-hydrogen) atoms. The fourth-order valence-electron chi connectivity index (χ4n) is 2.90. The van der Waals surface area contributed by atoms with Crippen molar-refractivity contribution in [2.24, 2.45) is 0 Å². The summed E-state index contributed by atoms with van der Waals surface area (Å²) in [7, 11) is 0. The molecule has 1 fully saturated rings. The maximum Gasteiger partial charge on any atom is 0.267 e. The van der Waals surface area contributed by atoms with Crippen LogP contribution in [0.2, 0.25) is 0 Å². The summed E-state index contributed by atoms with van der Waals surface area (Å²) in [4.78, 5) is 15.2. The summed E-state index contributed by atoms with van der Waals surface area (Å²) >= 11 is 1.16. The second kappa shape index (κ2) is 6.52. The standard InChI is InChI=1S/C16H18FN3OS/c1-11-15(22-19-18-11)16(21)20-9-3-2-4-13(10-20)12-5-7-14(17)8-6-12/h5-8,13H,2-4,9-10H2,1H3. The summed E-state index contributed by atoms with van der Waals surface area (Å²) in [6, 6.07) is 6.63. The molecule has 0 aliphatic carbocycles. The highest BCUT2D eigenvalue weighted by molar-refractivity contribution is 7.07. The first-order valence-corrected chi connectivity index (χ1v) is 8.26. The summed E-state index contributed by atoms with van der Waals surface area (Å²) < 4.78 is 16.9. The first-order chi connectivity index (χ1) is 10.6. The number of nitrogens with zero attached hydrogens (tertiary/aromatic N) is 3. The van der Waals surface area contributed by atoms with Crippen molar-refractivity contribution in [3.63, 3.8) is 0 Å². The number of benzene rings is 1. The monoisotopic (exact) mass is 319 g/mol. The van der Waals surface area contributed by atoms with Crippen LogP contribution in [0, 0.1) is 12.7 Å². The average molecular weight is 319 g/mol. The van der Waals surface area contributed by atoms with E-state index >= 15 is 0 Å². The minimum atomic E-state index is -0.225. The van der Waals surface area contributed by atoms with Gasteiger partial charge in [0.2, 0.25) is 0 Å². The molecule has 0 bridgehead atoms. The van der Waals surface area contributed by atoms with Crippen LogP contribution >= 0.6 is 11.5 Å². The van der Waals surface area contributed by atoms with Gasteiger partial charge in [-0.3, -0.25) is 4.79 Å². The molecular formula is C16H18FN3OS. The summed E-state index contributed by atoms with van der Waals surface area (Å²) in [5, 5.41) is 3.92. The smallest absolute Gasteiger partial charge is 0.267 e. The topological polar surface area (TPSA) is 46.1 Å². The van der Waals surface area contributed by atoms with Crippen LogP contribution < -0.4 is 0 Å². The minimum Gasteiger partial charge on any atom is -0.337 e. The number of aromatic nitrogens is 2. The van der Waals surface area contributed by atoms with Crippen LogP contribution in [0.1, 0.15) is 46.1 Å². The van der Waals surface area contributed by atoms with E-state index in [1.54, 1.807) is 0 Å². The third kappa shape index (κ3) is 3.16. The number of rotatable bonds is 2. The molecule has 4 nitrogen and oxygen atoms in total. The molecule has 3 rings (SSSR count). The molecule has 0 radical (unpaired) electrons. The Morgan fingerprint density at radius 2 is 2.09 bits per heavy atom. The van der Waals surface area contributed by atoms with Crippen molar-refractivity contribution >= 4 is 17.4 Å². The molecule has 1 aromatic heterocycles. The van der Waals surface area contributed by atoms with E-state index in [-0.39, 0.29) is 17.6 Å². The molecular weight excluding hydrogens is 301 g/mol. The lowest BCUT2D eigenvalue weighted by molar-refractivity contribution is 0.0758. The van der Waals surface area contributed by atoms with Gasteiger partial charge < -0.3 is 4.90 Å². The second-order valence-electron chi connectivity index (χ2n) is 5.68. The van der Waals surface area contributed by atoms with Gasteiger partial charge >= 0.3 is 0 Å². The van der Waals surface area contributed by atoms with Crippen LogP contribution in [0.4, 0.5) is 4.39 Å². The van der Waals surface area contributed by atoms with E-state index in [9.17, 15) is 9.18 Å². The molecule has 6 heteroatoms. The van der Waals surface area contributed by atoms with Gasteiger partial charge in [-0.05, 0) is 49.0 Å². The quantitative estimate of drug-likeness (QED) is 0.852. The van der Waals surface area contributed by atoms with Crippen molar-refractivity contribution in [2.75, 3.05) is 13.1 Å². The van der Waals surface area contributed by atoms with E-state index in [1.807, 2.05) is 24.0 Å². The maximum absolute atomic E-state index is 13.1. The number of amides is 1. The zero-order valence-electron chi connectivity index (χ0n) is 12.5. The number of carbonyl (C=O) groups is 1. The molecule has 1 saturated heterocycles. The van der Waals surface area contributed by atoms with Crippen LogP contribution in [0.3, 0.4) is 0 Å². The van der Waals surface area contributed by atoms with Crippen molar-refractivity contribution in [3.05, 3.63) is 46.2 Å². The molecule has 1 amide bonds. The van der Waals surface area contributed by atoms with Gasteiger partial charge in [0, 0.05) is 19.0 Å². The molecule has 0 spiro atoms. The largest absolute Gasteiger partial charge is 0.337 e. The number of carbonyl (C=O) groups excluding carboxylic acids is 1. The van der Waals surface area contributed by atoms with Gasteiger partial charge in [0.1, 0.15) is 10.7 Å². The first-order valence-electron chi connectivity index (χ1n) is 7.49. The van der Waals surface area contributed by atoms with E-state index < -0.39 is 0 Å². The predicted octanol–water partition coefficient (Wildman–Crippen LogP) is 3.40. The van der Waals surface area contributed by atoms with Crippen molar-refractivity contribution in [2.45, 2.75) is 32.1 Å². The highest BCUT2D eigenvalue weighted by Gasteiger charge is 2.26. The molecule has 1 aliphatic rings. The summed E-state index contributed by atoms with van der Waals surface area (Å²) in [6.45, 7) is 3.24. The van der Waals surface area contributed by atoms with Gasteiger partial charge in [-0.1, -0.05) is 23.0 Å². The lowest BCUT2D eigenvalue weighted by Gasteiger charge is -2.24. The third-order valence-corrected chi connectivity index (χ3v) is 4.96. The van der Waals surface area contributed by atoms with Crippen LogP contribution in [0.15, 0.2) is 24.3 Å². The fraction of sp³-hybridized carbons (Fsp3) is 0.438. The summed E-state index contributed by atoms with van der Waals surface area (Å²) in [5.74, 6) is 0.0476. The van der Waals surface area contributed by atoms with Crippen molar-refractivity contribution in [3.8, 4) is 0 Å². The van der Waals surface area contributed by atoms with Gasteiger partial charge in [-0.2, -0.15) is 0 Å². The van der Waals surface area contributed by atoms with Crippen molar-refractivity contribution in [1.29, 1.82) is 0 Å². The van der Waals surface area contributed by atoms with E-state index in [4.69, 9.17) is 0 Å². The molecule has 116 valence electrons. The molecule has 2 heterocycles. The molecule has 1 aliphatic heterocycles. The summed E-state index contributed by atoms with van der Waals surface area (Å²) in [6.07, 6.45) is 3.09. The Morgan fingerprint density at radius 1 is 1.32 bits per heavy atom. The zero-order valence-corrected chi connectivity index (χ0v) is 13.3. The third-order valence-electron chi connectivity index (χ3n) is 4.15. The Bertz CT molecular complexity index is 656. The SMILES string of the molecule is Cc1nnsc1C(=O)N1CCCCC(c2ccc(F)cc2)C1. The Hall–Kier alpha value is -1.82. The van der Waals surface area contributed by atoms with Gasteiger partial charge in [0.25, 0.3) is 5.91 Å². The van der Waals surface area contributed by atoms with Crippen LogP contribution in [0.5, 0.6) is 0 Å². The van der Waals surface area contributed by atoms with Gasteiger partial charge in [0.05, 0.1) is 5.69 Å². The Kier molecular flexibility index (Phi) is 4.47. The maximum atomic E-state index is 13.1. The fourth-order valence-corrected chi connectivity index (χ4v) is 3.53. The predicted molar refractivity (Wildman–Crippen MR) is 83.5 cm³/mol. The van der Waals surface area contributed by atoms with Crippen molar-refractivity contribution in [1.82, 2.24) is 14.5 Å². The number of likely N-dealkylation sites (tertiary alicyclic amines) is 1. The van der Waals surface area contributed by atoms with Crippen LogP contribution in [-0.2, 0) is 0 Å². The molecule has 0 saturated carbocycles. The Morgan fingerprint density at radius 3 is 2.77 bits per heavy atom. The average Bonchev–Trinajstić information content (AvgIpc) is 2.80. The Balaban J connectivity index is 1.79. The molecule has 0 N–H and O–H groups in total. The van der Waals surface area contributed by atoms with Crippen molar-refractivity contribution < 1.29 is 9.18 Å². The van der Waals surface area contributed by atoms with E-state index in [1.165, 1.54) is 12.1 Å². The van der Waals surface area contributed by atoms with E-state index in [0.29, 0.717) is 17.1 Å². The Labute approximate surface area is 133 Å². The summed E-state index contributed by atoms with van der Waals surface area (Å²) in [5.41, 5.74) is 1.79. The van der Waals surface area contributed by atoms with Crippen LogP contribution in [0.25, 0.3) is 0 Å². The molecule has 1 aromatic carbocycles. The second-order valence-corrected chi connectivity index (χ2v) is 6.44. The van der Waals surface area contributed by atoms with Crippen LogP contribution in [-0.4, -0.2) is 33.5 Å². The van der Waals surface area contributed by atoms with E-state index in [0.717, 1.165) is 42.9 Å². The lowest BCUT2D eigenvalue weighted by atomic mass is 9.94. The molecule has 2 aromatic rings. The normalized spacial score (nSPS) is 19.0. The highest BCUT2D eigenvalue weighted by Crippen LogP contribution is 2.28. The minimum absolute atomic E-state index is 0.0153. The lowest BCUT2D eigenvalue weighted by Crippen LogP contribution is -2.34.